The Bertz CT molecular complexity index is 575. The van der Waals surface area contributed by atoms with E-state index in [0.717, 1.165) is 6.61 Å². The van der Waals surface area contributed by atoms with Crippen molar-refractivity contribution in [2.75, 3.05) is 13.7 Å². The van der Waals surface area contributed by atoms with Crippen molar-refractivity contribution in [3.63, 3.8) is 0 Å². The van der Waals surface area contributed by atoms with E-state index in [0.29, 0.717) is 12.0 Å². The number of nitrogens with zero attached hydrogens (tertiary/aromatic N) is 1. The van der Waals surface area contributed by atoms with Crippen LogP contribution in [0.2, 0.25) is 0 Å². The molecule has 0 radical (unpaired) electrons. The van der Waals surface area contributed by atoms with Crippen molar-refractivity contribution in [1.29, 1.82) is 0 Å². The maximum Gasteiger partial charge on any atom is 0.347 e. The molecule has 0 amide bonds. The van der Waals surface area contributed by atoms with Crippen LogP contribution in [0.5, 0.6) is 0 Å². The Morgan fingerprint density at radius 1 is 1.32 bits per heavy atom. The molecule has 2 heteroatoms. The van der Waals surface area contributed by atoms with Crippen molar-refractivity contribution >= 4 is 5.90 Å². The number of fused-ring (bicyclic) bond motifs is 1. The standard InChI is InChI=1S/C20H30NO/c1-5-12-20(19-21(4)18(14-22-19)15(2)3)13-8-10-16-9-6-7-11-17(16)20/h6-7,9,11,15,18H,5,8,10,12-14H2,1-4H3/q+1/t18-,20+/m1/s1. The molecule has 0 spiro atoms. The van der Waals surface area contributed by atoms with Gasteiger partial charge in [0.15, 0.2) is 12.6 Å². The Hall–Kier alpha value is -1.31. The summed E-state index contributed by atoms with van der Waals surface area (Å²) in [5, 5.41) is 0. The van der Waals surface area contributed by atoms with Crippen LogP contribution in [0.1, 0.15) is 57.6 Å². The molecule has 120 valence electrons. The second-order valence-corrected chi connectivity index (χ2v) is 7.38. The molecular formula is C20H30NO+. The van der Waals surface area contributed by atoms with Crippen LogP contribution in [0.15, 0.2) is 24.3 Å². The number of likely N-dealkylation sites (N-methyl/N-ethyl adjacent to an activating group) is 1. The van der Waals surface area contributed by atoms with E-state index in [9.17, 15) is 0 Å². The third-order valence-corrected chi connectivity index (χ3v) is 5.65. The first-order valence-electron chi connectivity index (χ1n) is 8.91. The molecule has 1 aliphatic heterocycles. The molecule has 1 aromatic rings. The fraction of sp³-hybridized carbons (Fsp3) is 0.650. The summed E-state index contributed by atoms with van der Waals surface area (Å²) >= 11 is 0. The lowest BCUT2D eigenvalue weighted by atomic mass is 9.67. The molecule has 3 rings (SSSR count). The first-order valence-corrected chi connectivity index (χ1v) is 8.91. The minimum atomic E-state index is 0.0992. The molecule has 2 nitrogen and oxygen atoms in total. The predicted octanol–water partition coefficient (Wildman–Crippen LogP) is 4.16. The average molecular weight is 300 g/mol. The summed E-state index contributed by atoms with van der Waals surface area (Å²) in [4.78, 5) is 0. The molecule has 22 heavy (non-hydrogen) atoms. The fourth-order valence-electron chi connectivity index (χ4n) is 4.58. The zero-order valence-corrected chi connectivity index (χ0v) is 14.6. The van der Waals surface area contributed by atoms with Crippen molar-refractivity contribution in [3.8, 4) is 0 Å². The highest BCUT2D eigenvalue weighted by molar-refractivity contribution is 5.86. The van der Waals surface area contributed by atoms with Gasteiger partial charge in [-0.1, -0.05) is 51.5 Å². The second kappa shape index (κ2) is 6.06. The summed E-state index contributed by atoms with van der Waals surface area (Å²) in [5.41, 5.74) is 3.15. The van der Waals surface area contributed by atoms with Gasteiger partial charge in [-0.25, -0.2) is 0 Å². The van der Waals surface area contributed by atoms with E-state index in [4.69, 9.17) is 4.74 Å². The van der Waals surface area contributed by atoms with Crippen LogP contribution in [0.4, 0.5) is 0 Å². The van der Waals surface area contributed by atoms with E-state index < -0.39 is 0 Å². The highest BCUT2D eigenvalue weighted by atomic mass is 16.5. The first-order chi connectivity index (χ1) is 10.6. The van der Waals surface area contributed by atoms with Gasteiger partial charge in [-0.15, -0.1) is 0 Å². The van der Waals surface area contributed by atoms with E-state index >= 15 is 0 Å². The van der Waals surface area contributed by atoms with Gasteiger partial charge in [0, 0.05) is 5.92 Å². The maximum atomic E-state index is 6.33. The summed E-state index contributed by atoms with van der Waals surface area (Å²) in [6.07, 6.45) is 6.09. The number of aryl methyl sites for hydroxylation is 1. The third-order valence-electron chi connectivity index (χ3n) is 5.65. The molecule has 1 aliphatic carbocycles. The van der Waals surface area contributed by atoms with Gasteiger partial charge in [-0.2, -0.15) is 4.58 Å². The Labute approximate surface area is 135 Å². The average Bonchev–Trinajstić information content (AvgIpc) is 2.90. The van der Waals surface area contributed by atoms with Crippen molar-refractivity contribution < 1.29 is 9.31 Å². The Balaban J connectivity index is 2.12. The van der Waals surface area contributed by atoms with Crippen molar-refractivity contribution in [1.82, 2.24) is 0 Å². The number of hydrogen-bond donors (Lipinski definition) is 0. The predicted molar refractivity (Wildman–Crippen MR) is 91.7 cm³/mol. The van der Waals surface area contributed by atoms with Gasteiger partial charge in [0.25, 0.3) is 0 Å². The molecule has 0 saturated carbocycles. The molecule has 2 atom stereocenters. The zero-order valence-electron chi connectivity index (χ0n) is 14.6. The molecule has 0 fully saturated rings. The van der Waals surface area contributed by atoms with E-state index in [2.05, 4.69) is 56.7 Å². The van der Waals surface area contributed by atoms with E-state index in [1.807, 2.05) is 0 Å². The van der Waals surface area contributed by atoms with Gasteiger partial charge in [0.05, 0.1) is 0 Å². The van der Waals surface area contributed by atoms with Crippen LogP contribution in [0, 0.1) is 5.92 Å². The van der Waals surface area contributed by atoms with E-state index in [1.165, 1.54) is 49.1 Å². The number of hydrogen-bond acceptors (Lipinski definition) is 1. The smallest absolute Gasteiger partial charge is 0.347 e. The summed E-state index contributed by atoms with van der Waals surface area (Å²) < 4.78 is 8.78. The molecule has 1 aromatic carbocycles. The van der Waals surface area contributed by atoms with Gasteiger partial charge in [-0.05, 0) is 36.8 Å². The molecule has 1 heterocycles. The van der Waals surface area contributed by atoms with Crippen molar-refractivity contribution in [3.05, 3.63) is 35.4 Å². The number of ether oxygens (including phenoxy) is 1. The molecular weight excluding hydrogens is 270 g/mol. The maximum absolute atomic E-state index is 6.33. The lowest BCUT2D eigenvalue weighted by molar-refractivity contribution is -0.537. The quantitative estimate of drug-likeness (QED) is 0.761. The van der Waals surface area contributed by atoms with Gasteiger partial charge >= 0.3 is 5.90 Å². The third kappa shape index (κ3) is 2.37. The fourth-order valence-corrected chi connectivity index (χ4v) is 4.58. The number of rotatable bonds is 4. The largest absolute Gasteiger partial charge is 0.440 e. The topological polar surface area (TPSA) is 12.2 Å². The van der Waals surface area contributed by atoms with E-state index in [1.54, 1.807) is 0 Å². The SMILES string of the molecule is CCC[C@]1(C2=[N+](C)[C@@H](C(C)C)CO2)CCCc2ccccc21. The molecule has 2 aliphatic rings. The van der Waals surface area contributed by atoms with Crippen LogP contribution in [-0.4, -0.2) is 30.2 Å². The highest BCUT2D eigenvalue weighted by Crippen LogP contribution is 2.43. The normalized spacial score (nSPS) is 28.0. The second-order valence-electron chi connectivity index (χ2n) is 7.38. The molecule has 0 saturated heterocycles. The summed E-state index contributed by atoms with van der Waals surface area (Å²) in [7, 11) is 2.24. The van der Waals surface area contributed by atoms with Crippen LogP contribution in [0.3, 0.4) is 0 Å². The summed E-state index contributed by atoms with van der Waals surface area (Å²) in [6, 6.07) is 9.55. The van der Waals surface area contributed by atoms with Gasteiger partial charge in [0.1, 0.15) is 12.5 Å². The number of benzene rings is 1. The molecule has 0 unspecified atom stereocenters. The zero-order chi connectivity index (χ0) is 15.7. The van der Waals surface area contributed by atoms with Gasteiger partial charge < -0.3 is 4.74 Å². The van der Waals surface area contributed by atoms with E-state index in [-0.39, 0.29) is 5.41 Å². The minimum absolute atomic E-state index is 0.0992. The summed E-state index contributed by atoms with van der Waals surface area (Å²) in [5.74, 6) is 1.86. The lowest BCUT2D eigenvalue weighted by Crippen LogP contribution is -2.43. The first kappa shape index (κ1) is 15.6. The Morgan fingerprint density at radius 3 is 2.77 bits per heavy atom. The van der Waals surface area contributed by atoms with Crippen molar-refractivity contribution in [2.24, 2.45) is 5.92 Å². The minimum Gasteiger partial charge on any atom is -0.440 e. The Kier molecular flexibility index (Phi) is 4.29. The highest BCUT2D eigenvalue weighted by Gasteiger charge is 2.51. The monoisotopic (exact) mass is 300 g/mol. The van der Waals surface area contributed by atoms with Crippen LogP contribution >= 0.6 is 0 Å². The molecule has 0 N–H and O–H groups in total. The van der Waals surface area contributed by atoms with Gasteiger partial charge in [-0.3, -0.25) is 0 Å². The van der Waals surface area contributed by atoms with Crippen molar-refractivity contribution in [2.45, 2.75) is 64.3 Å². The van der Waals surface area contributed by atoms with Gasteiger partial charge in [0.2, 0.25) is 0 Å². The van der Waals surface area contributed by atoms with Crippen LogP contribution in [-0.2, 0) is 16.6 Å². The molecule has 0 bridgehead atoms. The van der Waals surface area contributed by atoms with Crippen LogP contribution < -0.4 is 0 Å². The summed E-state index contributed by atoms with van der Waals surface area (Å²) in [6.45, 7) is 7.75. The Morgan fingerprint density at radius 2 is 2.09 bits per heavy atom. The van der Waals surface area contributed by atoms with Crippen LogP contribution in [0.25, 0.3) is 0 Å². The molecule has 0 aromatic heterocycles. The lowest BCUT2D eigenvalue weighted by Gasteiger charge is -2.36.